The molecule has 3 heteroatoms. The van der Waals surface area contributed by atoms with E-state index in [0.717, 1.165) is 51.4 Å². The molecule has 3 nitrogen and oxygen atoms in total. The van der Waals surface area contributed by atoms with Gasteiger partial charge in [-0.25, -0.2) is 0 Å². The number of rotatable bonds is 18. The molecule has 0 aliphatic rings. The molecule has 0 bridgehead atoms. The fourth-order valence-corrected chi connectivity index (χ4v) is 2.66. The third-order valence-electron chi connectivity index (χ3n) is 5.06. The van der Waals surface area contributed by atoms with Crippen LogP contribution in [-0.2, 0) is 14.2 Å². The molecule has 0 aromatic rings. The summed E-state index contributed by atoms with van der Waals surface area (Å²) in [6, 6.07) is 0. The van der Waals surface area contributed by atoms with E-state index in [1.54, 1.807) is 0 Å². The highest BCUT2D eigenvalue weighted by Gasteiger charge is 2.25. The van der Waals surface area contributed by atoms with Gasteiger partial charge >= 0.3 is 0 Å². The molecular weight excluding hydrogens is 324 g/mol. The van der Waals surface area contributed by atoms with Crippen LogP contribution in [0, 0.1) is 18.8 Å². The first-order valence-electron chi connectivity index (χ1n) is 11.0. The minimum Gasteiger partial charge on any atom is -0.381 e. The van der Waals surface area contributed by atoms with Gasteiger partial charge in [0.15, 0.2) is 0 Å². The van der Waals surface area contributed by atoms with Gasteiger partial charge in [-0.3, -0.25) is 0 Å². The van der Waals surface area contributed by atoms with Gasteiger partial charge in [0.05, 0.1) is 11.7 Å². The summed E-state index contributed by atoms with van der Waals surface area (Å²) < 4.78 is 18.0. The molecule has 0 fully saturated rings. The number of ether oxygens (including phenoxy) is 3. The van der Waals surface area contributed by atoms with Crippen LogP contribution < -0.4 is 0 Å². The van der Waals surface area contributed by atoms with Crippen LogP contribution in [0.5, 0.6) is 0 Å². The van der Waals surface area contributed by atoms with E-state index in [2.05, 4.69) is 48.5 Å². The van der Waals surface area contributed by atoms with Gasteiger partial charge in [-0.05, 0) is 57.8 Å². The molecule has 0 aliphatic heterocycles. The number of unbranched alkanes of at least 4 members (excludes halogenated alkanes) is 3. The topological polar surface area (TPSA) is 27.7 Å². The van der Waals surface area contributed by atoms with Gasteiger partial charge < -0.3 is 14.2 Å². The zero-order chi connectivity index (χ0) is 19.8. The summed E-state index contributed by atoms with van der Waals surface area (Å²) in [7, 11) is 0. The molecular formula is C23H47O3. The molecule has 0 rings (SSSR count). The molecule has 1 radical (unpaired) electrons. The quantitative estimate of drug-likeness (QED) is 0.259. The van der Waals surface area contributed by atoms with Crippen molar-refractivity contribution in [2.24, 2.45) is 11.8 Å². The van der Waals surface area contributed by atoms with E-state index >= 15 is 0 Å². The van der Waals surface area contributed by atoms with Crippen LogP contribution in [0.1, 0.15) is 92.9 Å². The smallest absolute Gasteiger partial charge is 0.0727 e. The average molecular weight is 372 g/mol. The minimum atomic E-state index is -0.392. The normalized spacial score (nSPS) is 15.6. The van der Waals surface area contributed by atoms with Crippen molar-refractivity contribution in [2.75, 3.05) is 26.4 Å². The molecule has 0 spiro atoms. The predicted octanol–water partition coefficient (Wildman–Crippen LogP) is 6.45. The highest BCUT2D eigenvalue weighted by molar-refractivity contribution is 4.84. The van der Waals surface area contributed by atoms with Gasteiger partial charge in [-0.15, -0.1) is 0 Å². The Balaban J connectivity index is 4.20. The highest BCUT2D eigenvalue weighted by Crippen LogP contribution is 2.22. The fraction of sp³-hybridized carbons (Fsp3) is 0.957. The molecule has 26 heavy (non-hydrogen) atoms. The van der Waals surface area contributed by atoms with Crippen molar-refractivity contribution in [3.63, 3.8) is 0 Å². The Morgan fingerprint density at radius 1 is 0.808 bits per heavy atom. The summed E-state index contributed by atoms with van der Waals surface area (Å²) in [5, 5.41) is 0. The second-order valence-corrected chi connectivity index (χ2v) is 8.56. The van der Waals surface area contributed by atoms with E-state index < -0.39 is 5.60 Å². The van der Waals surface area contributed by atoms with E-state index in [9.17, 15) is 0 Å². The molecule has 0 heterocycles. The van der Waals surface area contributed by atoms with Crippen molar-refractivity contribution in [1.29, 1.82) is 0 Å². The molecule has 0 saturated heterocycles. The molecule has 0 aliphatic carbocycles. The lowest BCUT2D eigenvalue weighted by molar-refractivity contribution is -0.0660. The van der Waals surface area contributed by atoms with E-state index in [1.807, 2.05) is 0 Å². The van der Waals surface area contributed by atoms with Crippen LogP contribution >= 0.6 is 0 Å². The Morgan fingerprint density at radius 3 is 2.12 bits per heavy atom. The van der Waals surface area contributed by atoms with Gasteiger partial charge in [-0.2, -0.15) is 0 Å². The lowest BCUT2D eigenvalue weighted by atomic mass is 9.98. The van der Waals surface area contributed by atoms with Crippen LogP contribution in [0.4, 0.5) is 0 Å². The second kappa shape index (κ2) is 15.9. The van der Waals surface area contributed by atoms with Crippen LogP contribution in [0.15, 0.2) is 0 Å². The number of hydrogen-bond donors (Lipinski definition) is 0. The second-order valence-electron chi connectivity index (χ2n) is 8.56. The van der Waals surface area contributed by atoms with E-state index in [1.165, 1.54) is 25.7 Å². The third-order valence-corrected chi connectivity index (χ3v) is 5.06. The summed E-state index contributed by atoms with van der Waals surface area (Å²) in [6.07, 6.45) is 9.21. The van der Waals surface area contributed by atoms with Gasteiger partial charge in [0.1, 0.15) is 0 Å². The maximum atomic E-state index is 6.20. The van der Waals surface area contributed by atoms with E-state index in [-0.39, 0.29) is 6.10 Å². The Morgan fingerprint density at radius 2 is 1.50 bits per heavy atom. The SMILES string of the molecule is [CH2]C(CCOCCCCCC)(CCOC(C)C(C)C)OCCCC(C)C. The summed E-state index contributed by atoms with van der Waals surface area (Å²) in [5.41, 5.74) is -0.392. The Labute approximate surface area is 164 Å². The fourth-order valence-electron chi connectivity index (χ4n) is 2.66. The molecule has 0 aromatic heterocycles. The predicted molar refractivity (Wildman–Crippen MR) is 113 cm³/mol. The van der Waals surface area contributed by atoms with E-state index in [0.29, 0.717) is 12.5 Å². The maximum Gasteiger partial charge on any atom is 0.0727 e. The maximum absolute atomic E-state index is 6.20. The van der Waals surface area contributed by atoms with E-state index in [4.69, 9.17) is 14.2 Å². The van der Waals surface area contributed by atoms with Crippen molar-refractivity contribution in [1.82, 2.24) is 0 Å². The summed E-state index contributed by atoms with van der Waals surface area (Å²) in [4.78, 5) is 0. The lowest BCUT2D eigenvalue weighted by Crippen LogP contribution is -2.34. The van der Waals surface area contributed by atoms with Crippen LogP contribution in [-0.4, -0.2) is 38.1 Å². The largest absolute Gasteiger partial charge is 0.381 e. The van der Waals surface area contributed by atoms with Crippen molar-refractivity contribution in [3.8, 4) is 0 Å². The zero-order valence-corrected chi connectivity index (χ0v) is 18.6. The van der Waals surface area contributed by atoms with Crippen molar-refractivity contribution < 1.29 is 14.2 Å². The van der Waals surface area contributed by atoms with Crippen LogP contribution in [0.2, 0.25) is 0 Å². The first kappa shape index (κ1) is 25.9. The average Bonchev–Trinajstić information content (AvgIpc) is 2.58. The summed E-state index contributed by atoms with van der Waals surface area (Å²) in [6.45, 7) is 20.7. The zero-order valence-electron chi connectivity index (χ0n) is 18.6. The molecule has 2 atom stereocenters. The molecule has 2 unspecified atom stereocenters. The summed E-state index contributed by atoms with van der Waals surface area (Å²) in [5.74, 6) is 1.26. The highest BCUT2D eigenvalue weighted by atomic mass is 16.5. The first-order chi connectivity index (χ1) is 12.3. The Kier molecular flexibility index (Phi) is 15.8. The van der Waals surface area contributed by atoms with Crippen molar-refractivity contribution >= 4 is 0 Å². The van der Waals surface area contributed by atoms with Gasteiger partial charge in [0.25, 0.3) is 0 Å². The van der Waals surface area contributed by atoms with Gasteiger partial charge in [0, 0.05) is 26.4 Å². The standard InChI is InChI=1S/C23H47O3/c1-8-9-10-11-16-24-18-14-23(7,26-17-12-13-20(2)3)15-19-25-22(6)21(4)5/h20-22H,7-19H2,1-6H3. The Hall–Kier alpha value is -0.120. The monoisotopic (exact) mass is 371 g/mol. The number of hydrogen-bond acceptors (Lipinski definition) is 3. The van der Waals surface area contributed by atoms with Gasteiger partial charge in [-0.1, -0.05) is 53.9 Å². The van der Waals surface area contributed by atoms with Gasteiger partial charge in [0.2, 0.25) is 0 Å². The van der Waals surface area contributed by atoms with Crippen molar-refractivity contribution in [3.05, 3.63) is 6.92 Å². The first-order valence-corrected chi connectivity index (χ1v) is 11.0. The lowest BCUT2D eigenvalue weighted by Gasteiger charge is -2.31. The molecule has 0 aromatic carbocycles. The van der Waals surface area contributed by atoms with Crippen LogP contribution in [0.3, 0.4) is 0 Å². The summed E-state index contributed by atoms with van der Waals surface area (Å²) >= 11 is 0. The third kappa shape index (κ3) is 15.0. The van der Waals surface area contributed by atoms with Crippen molar-refractivity contribution in [2.45, 2.75) is 105 Å². The van der Waals surface area contributed by atoms with Crippen LogP contribution in [0.25, 0.3) is 0 Å². The Bertz CT molecular complexity index is 304. The molecule has 0 saturated carbocycles. The molecule has 157 valence electrons. The molecule has 0 amide bonds. The minimum absolute atomic E-state index is 0.273. The molecule has 0 N–H and O–H groups in total.